The number of nitrogens with one attached hydrogen (secondary N) is 1. The molecule has 0 saturated heterocycles. The SMILES string of the molecule is CC(C)NC(C)(CO)CCCCOCC1CCCCC1. The lowest BCUT2D eigenvalue weighted by molar-refractivity contribution is 0.0794. The Hall–Kier alpha value is -0.120. The molecule has 0 bridgehead atoms. The van der Waals surface area contributed by atoms with Crippen LogP contribution in [0.25, 0.3) is 0 Å². The normalized spacial score (nSPS) is 20.2. The first-order chi connectivity index (χ1) is 9.56. The molecule has 0 radical (unpaired) electrons. The van der Waals surface area contributed by atoms with Crippen LogP contribution in [-0.2, 0) is 4.74 Å². The third-order valence-electron chi connectivity index (χ3n) is 4.33. The van der Waals surface area contributed by atoms with Crippen molar-refractivity contribution in [1.82, 2.24) is 5.32 Å². The molecular formula is C17H35NO2. The maximum absolute atomic E-state index is 9.51. The van der Waals surface area contributed by atoms with Crippen LogP contribution in [-0.4, -0.2) is 36.5 Å². The van der Waals surface area contributed by atoms with Gasteiger partial charge in [0, 0.05) is 24.8 Å². The highest BCUT2D eigenvalue weighted by Crippen LogP contribution is 2.23. The molecule has 0 aromatic rings. The van der Waals surface area contributed by atoms with E-state index in [-0.39, 0.29) is 12.1 Å². The summed E-state index contributed by atoms with van der Waals surface area (Å²) in [7, 11) is 0. The number of hydrogen-bond donors (Lipinski definition) is 2. The van der Waals surface area contributed by atoms with Crippen LogP contribution in [0.15, 0.2) is 0 Å². The van der Waals surface area contributed by atoms with Crippen LogP contribution in [0.3, 0.4) is 0 Å². The molecule has 2 N–H and O–H groups in total. The van der Waals surface area contributed by atoms with Crippen LogP contribution in [0, 0.1) is 5.92 Å². The van der Waals surface area contributed by atoms with Crippen LogP contribution in [0.2, 0.25) is 0 Å². The Bertz CT molecular complexity index is 239. The van der Waals surface area contributed by atoms with Crippen LogP contribution in [0.5, 0.6) is 0 Å². The van der Waals surface area contributed by atoms with Crippen molar-refractivity contribution in [2.45, 2.75) is 83.7 Å². The molecular weight excluding hydrogens is 250 g/mol. The molecule has 20 heavy (non-hydrogen) atoms. The monoisotopic (exact) mass is 285 g/mol. The van der Waals surface area contributed by atoms with Gasteiger partial charge in [0.2, 0.25) is 0 Å². The summed E-state index contributed by atoms with van der Waals surface area (Å²) in [6, 6.07) is 0.412. The fourth-order valence-corrected chi connectivity index (χ4v) is 3.22. The average Bonchev–Trinajstić information content (AvgIpc) is 2.43. The zero-order chi connectivity index (χ0) is 14.8. The summed E-state index contributed by atoms with van der Waals surface area (Å²) in [6.45, 7) is 8.40. The van der Waals surface area contributed by atoms with E-state index in [1.165, 1.54) is 32.1 Å². The molecule has 0 amide bonds. The summed E-state index contributed by atoms with van der Waals surface area (Å²) < 4.78 is 5.82. The molecule has 3 heteroatoms. The number of aliphatic hydroxyl groups excluding tert-OH is 1. The zero-order valence-corrected chi connectivity index (χ0v) is 13.8. The molecule has 3 nitrogen and oxygen atoms in total. The highest BCUT2D eigenvalue weighted by Gasteiger charge is 2.23. The molecule has 0 aromatic carbocycles. The van der Waals surface area contributed by atoms with Crippen molar-refractivity contribution in [3.8, 4) is 0 Å². The first-order valence-corrected chi connectivity index (χ1v) is 8.52. The van der Waals surface area contributed by atoms with Crippen molar-refractivity contribution in [3.05, 3.63) is 0 Å². The van der Waals surface area contributed by atoms with Gasteiger partial charge in [-0.25, -0.2) is 0 Å². The van der Waals surface area contributed by atoms with Gasteiger partial charge in [0.1, 0.15) is 0 Å². The molecule has 0 spiro atoms. The molecule has 0 aromatic heterocycles. The lowest BCUT2D eigenvalue weighted by atomic mass is 9.90. The largest absolute Gasteiger partial charge is 0.394 e. The summed E-state index contributed by atoms with van der Waals surface area (Å²) in [5.74, 6) is 0.814. The summed E-state index contributed by atoms with van der Waals surface area (Å²) >= 11 is 0. The lowest BCUT2D eigenvalue weighted by Crippen LogP contribution is -2.49. The van der Waals surface area contributed by atoms with E-state index < -0.39 is 0 Å². The van der Waals surface area contributed by atoms with Gasteiger partial charge < -0.3 is 15.2 Å². The second kappa shape index (κ2) is 9.75. The maximum Gasteiger partial charge on any atom is 0.0610 e. The van der Waals surface area contributed by atoms with Crippen LogP contribution < -0.4 is 5.32 Å². The predicted molar refractivity (Wildman–Crippen MR) is 85.0 cm³/mol. The minimum atomic E-state index is -0.141. The fraction of sp³-hybridized carbons (Fsp3) is 1.00. The molecule has 0 heterocycles. The van der Waals surface area contributed by atoms with Crippen LogP contribution in [0.4, 0.5) is 0 Å². The van der Waals surface area contributed by atoms with E-state index in [0.29, 0.717) is 6.04 Å². The lowest BCUT2D eigenvalue weighted by Gasteiger charge is -2.31. The minimum Gasteiger partial charge on any atom is -0.394 e. The molecule has 1 aliphatic carbocycles. The minimum absolute atomic E-state index is 0.141. The fourth-order valence-electron chi connectivity index (χ4n) is 3.22. The highest BCUT2D eigenvalue weighted by atomic mass is 16.5. The van der Waals surface area contributed by atoms with E-state index in [4.69, 9.17) is 4.74 Å². The predicted octanol–water partition coefficient (Wildman–Crippen LogP) is 3.50. The van der Waals surface area contributed by atoms with Crippen molar-refractivity contribution in [1.29, 1.82) is 0 Å². The van der Waals surface area contributed by atoms with Crippen molar-refractivity contribution in [2.75, 3.05) is 19.8 Å². The Balaban J connectivity index is 2.02. The Morgan fingerprint density at radius 1 is 1.20 bits per heavy atom. The van der Waals surface area contributed by atoms with E-state index in [9.17, 15) is 5.11 Å². The maximum atomic E-state index is 9.51. The molecule has 120 valence electrons. The molecule has 1 unspecified atom stereocenters. The molecule has 1 fully saturated rings. The van der Waals surface area contributed by atoms with Crippen LogP contribution >= 0.6 is 0 Å². The quantitative estimate of drug-likeness (QED) is 0.604. The van der Waals surface area contributed by atoms with Crippen molar-refractivity contribution < 1.29 is 9.84 Å². The summed E-state index contributed by atoms with van der Waals surface area (Å²) in [4.78, 5) is 0. The molecule has 1 aliphatic rings. The first-order valence-electron chi connectivity index (χ1n) is 8.52. The van der Waals surface area contributed by atoms with Gasteiger partial charge >= 0.3 is 0 Å². The van der Waals surface area contributed by atoms with Crippen molar-refractivity contribution in [3.63, 3.8) is 0 Å². The van der Waals surface area contributed by atoms with Gasteiger partial charge in [-0.2, -0.15) is 0 Å². The Morgan fingerprint density at radius 2 is 1.90 bits per heavy atom. The third kappa shape index (κ3) is 7.61. The van der Waals surface area contributed by atoms with Gasteiger partial charge in [-0.1, -0.05) is 33.1 Å². The highest BCUT2D eigenvalue weighted by molar-refractivity contribution is 4.83. The van der Waals surface area contributed by atoms with Gasteiger partial charge in [-0.05, 0) is 44.9 Å². The second-order valence-electron chi connectivity index (χ2n) is 7.05. The van der Waals surface area contributed by atoms with E-state index in [1.807, 2.05) is 0 Å². The zero-order valence-electron chi connectivity index (χ0n) is 13.8. The first kappa shape index (κ1) is 17.9. The smallest absolute Gasteiger partial charge is 0.0610 e. The Kier molecular flexibility index (Phi) is 8.74. The number of rotatable bonds is 10. The van der Waals surface area contributed by atoms with E-state index >= 15 is 0 Å². The van der Waals surface area contributed by atoms with Gasteiger partial charge in [-0.3, -0.25) is 0 Å². The van der Waals surface area contributed by atoms with Gasteiger partial charge in [0.05, 0.1) is 6.61 Å². The standard InChI is InChI=1S/C17H35NO2/c1-15(2)18-17(3,14-19)11-7-8-12-20-13-16-9-5-4-6-10-16/h15-16,18-19H,4-14H2,1-3H3. The topological polar surface area (TPSA) is 41.5 Å². The number of hydrogen-bond acceptors (Lipinski definition) is 3. The third-order valence-corrected chi connectivity index (χ3v) is 4.33. The van der Waals surface area contributed by atoms with Gasteiger partial charge in [-0.15, -0.1) is 0 Å². The van der Waals surface area contributed by atoms with E-state index in [0.717, 1.165) is 38.4 Å². The molecule has 1 atom stereocenters. The Morgan fingerprint density at radius 3 is 2.50 bits per heavy atom. The van der Waals surface area contributed by atoms with Gasteiger partial charge in [0.15, 0.2) is 0 Å². The molecule has 1 rings (SSSR count). The Labute approximate surface area is 125 Å². The number of ether oxygens (including phenoxy) is 1. The van der Waals surface area contributed by atoms with E-state index in [2.05, 4.69) is 26.1 Å². The summed E-state index contributed by atoms with van der Waals surface area (Å²) in [5, 5.41) is 13.0. The second-order valence-corrected chi connectivity index (χ2v) is 7.05. The van der Waals surface area contributed by atoms with Crippen molar-refractivity contribution >= 4 is 0 Å². The molecule has 0 aliphatic heterocycles. The number of aliphatic hydroxyl groups is 1. The summed E-state index contributed by atoms with van der Waals surface area (Å²) in [5.41, 5.74) is -0.141. The van der Waals surface area contributed by atoms with Crippen molar-refractivity contribution in [2.24, 2.45) is 5.92 Å². The summed E-state index contributed by atoms with van der Waals surface area (Å²) in [6.07, 6.45) is 10.1. The van der Waals surface area contributed by atoms with Gasteiger partial charge in [0.25, 0.3) is 0 Å². The average molecular weight is 285 g/mol. The molecule has 1 saturated carbocycles. The van der Waals surface area contributed by atoms with Crippen LogP contribution in [0.1, 0.15) is 72.1 Å². The van der Waals surface area contributed by atoms with E-state index in [1.54, 1.807) is 0 Å². The number of unbranched alkanes of at least 4 members (excludes halogenated alkanes) is 1.